The molecule has 0 aliphatic rings. The largest absolute Gasteiger partial charge is 0.455 e. The summed E-state index contributed by atoms with van der Waals surface area (Å²) in [6, 6.07) is 7.51. The van der Waals surface area contributed by atoms with Gasteiger partial charge in [0.1, 0.15) is 11.2 Å². The van der Waals surface area contributed by atoms with E-state index < -0.39 is 11.2 Å². The van der Waals surface area contributed by atoms with Crippen LogP contribution in [0.4, 0.5) is 0 Å². The van der Waals surface area contributed by atoms with Gasteiger partial charge in [0.05, 0.1) is 11.1 Å². The van der Waals surface area contributed by atoms with E-state index in [4.69, 9.17) is 9.47 Å². The molecule has 4 heteroatoms. The number of unbranched alkanes of at least 4 members (excludes halogenated alkanes) is 34. The van der Waals surface area contributed by atoms with E-state index in [9.17, 15) is 9.59 Å². The molecular weight excluding hydrogens is 809 g/mol. The molecule has 1 aromatic rings. The molecule has 0 N–H and O–H groups in total. The van der Waals surface area contributed by atoms with Crippen LogP contribution in [0.2, 0.25) is 0 Å². The van der Waals surface area contributed by atoms with Crippen molar-refractivity contribution >= 4 is 11.9 Å². The van der Waals surface area contributed by atoms with E-state index in [2.05, 4.69) is 41.5 Å². The molecule has 386 valence electrons. The van der Waals surface area contributed by atoms with Crippen LogP contribution in [0.1, 0.15) is 358 Å². The summed E-state index contributed by atoms with van der Waals surface area (Å²) in [5, 5.41) is 0. The zero-order valence-electron chi connectivity index (χ0n) is 45.5. The summed E-state index contributed by atoms with van der Waals surface area (Å²) in [5.41, 5.74) is -0.203. The van der Waals surface area contributed by atoms with Crippen molar-refractivity contribution in [2.45, 2.75) is 348 Å². The highest BCUT2D eigenvalue weighted by Gasteiger charge is 2.37. The first-order valence-corrected chi connectivity index (χ1v) is 29.9. The van der Waals surface area contributed by atoms with Crippen molar-refractivity contribution in [1.29, 1.82) is 0 Å². The lowest BCUT2D eigenvalue weighted by atomic mass is 9.84. The molecule has 1 rings (SSSR count). The Hall–Kier alpha value is -1.84. The summed E-state index contributed by atoms with van der Waals surface area (Å²) >= 11 is 0. The van der Waals surface area contributed by atoms with E-state index in [0.717, 1.165) is 77.0 Å². The summed E-state index contributed by atoms with van der Waals surface area (Å²) in [6.07, 6.45) is 55.2. The first kappa shape index (κ1) is 62.2. The lowest BCUT2D eigenvalue weighted by Crippen LogP contribution is -2.37. The minimum Gasteiger partial charge on any atom is -0.455 e. The average Bonchev–Trinajstić information content (AvgIpc) is 3.32. The van der Waals surface area contributed by atoms with Crippen LogP contribution in [-0.2, 0) is 9.47 Å². The molecule has 0 saturated carbocycles. The maximum absolute atomic E-state index is 14.8. The number of hydrogen-bond acceptors (Lipinski definition) is 4. The fourth-order valence-corrected chi connectivity index (χ4v) is 10.5. The Balaban J connectivity index is 3.47. The van der Waals surface area contributed by atoms with Crippen LogP contribution in [0, 0.1) is 0 Å². The van der Waals surface area contributed by atoms with E-state index in [1.807, 2.05) is 24.3 Å². The summed E-state index contributed by atoms with van der Waals surface area (Å²) in [4.78, 5) is 29.7. The Labute approximate surface area is 412 Å². The third-order valence-corrected chi connectivity index (χ3v) is 14.9. The molecule has 0 bridgehead atoms. The van der Waals surface area contributed by atoms with Crippen LogP contribution in [0.15, 0.2) is 24.3 Å². The molecule has 2 atom stereocenters. The average molecular weight is 924 g/mol. The molecule has 0 radical (unpaired) electrons. The Morgan fingerprint density at radius 3 is 0.636 bits per heavy atom. The van der Waals surface area contributed by atoms with Crippen LogP contribution in [0.3, 0.4) is 0 Å². The second-order valence-electron chi connectivity index (χ2n) is 21.2. The summed E-state index contributed by atoms with van der Waals surface area (Å²) < 4.78 is 13.9. The number of benzene rings is 1. The fourth-order valence-electron chi connectivity index (χ4n) is 10.5. The third-order valence-electron chi connectivity index (χ3n) is 14.9. The van der Waals surface area contributed by atoms with Crippen molar-refractivity contribution in [2.75, 3.05) is 0 Å². The number of esters is 2. The van der Waals surface area contributed by atoms with Gasteiger partial charge >= 0.3 is 11.9 Å². The molecule has 0 fully saturated rings. The van der Waals surface area contributed by atoms with Crippen LogP contribution < -0.4 is 0 Å². The van der Waals surface area contributed by atoms with Crippen LogP contribution in [0.5, 0.6) is 0 Å². The normalized spacial score (nSPS) is 13.4. The third kappa shape index (κ3) is 32.1. The second kappa shape index (κ2) is 44.4. The SMILES string of the molecule is CCCCCCCCCCC(CCCCCCC)(CCCCCCCCC)OC(=O)c1ccccc1C(=O)OC(CCCCCCC)(CCCCCCCCC)CCCCCCCCCC. The molecule has 0 heterocycles. The van der Waals surface area contributed by atoms with Gasteiger partial charge in [0.2, 0.25) is 0 Å². The van der Waals surface area contributed by atoms with Gasteiger partial charge in [0.15, 0.2) is 0 Å². The molecule has 0 aliphatic heterocycles. The van der Waals surface area contributed by atoms with Crippen LogP contribution >= 0.6 is 0 Å². The summed E-state index contributed by atoms with van der Waals surface area (Å²) in [5.74, 6) is -0.641. The van der Waals surface area contributed by atoms with Gasteiger partial charge in [-0.25, -0.2) is 9.59 Å². The molecule has 0 aliphatic carbocycles. The van der Waals surface area contributed by atoms with Gasteiger partial charge in [-0.3, -0.25) is 0 Å². The van der Waals surface area contributed by atoms with Crippen molar-refractivity contribution in [3.8, 4) is 0 Å². The van der Waals surface area contributed by atoms with Gasteiger partial charge in [-0.05, 0) is 89.2 Å². The Morgan fingerprint density at radius 2 is 0.455 bits per heavy atom. The molecule has 0 aromatic heterocycles. The number of hydrogen-bond donors (Lipinski definition) is 0. The maximum Gasteiger partial charge on any atom is 0.339 e. The highest BCUT2D eigenvalue weighted by Crippen LogP contribution is 2.37. The quantitative estimate of drug-likeness (QED) is 0.0483. The molecule has 2 unspecified atom stereocenters. The van der Waals surface area contributed by atoms with Gasteiger partial charge in [-0.15, -0.1) is 0 Å². The number of carbonyl (C=O) groups excluding carboxylic acids is 2. The van der Waals surface area contributed by atoms with E-state index in [1.165, 1.54) is 218 Å². The van der Waals surface area contributed by atoms with E-state index >= 15 is 0 Å². The Morgan fingerprint density at radius 1 is 0.288 bits per heavy atom. The molecule has 66 heavy (non-hydrogen) atoms. The maximum atomic E-state index is 14.8. The van der Waals surface area contributed by atoms with Crippen molar-refractivity contribution in [3.63, 3.8) is 0 Å². The van der Waals surface area contributed by atoms with Gasteiger partial charge in [0, 0.05) is 0 Å². The molecule has 0 spiro atoms. The van der Waals surface area contributed by atoms with Crippen LogP contribution in [0.25, 0.3) is 0 Å². The van der Waals surface area contributed by atoms with E-state index in [0.29, 0.717) is 11.1 Å². The van der Waals surface area contributed by atoms with Crippen molar-refractivity contribution in [1.82, 2.24) is 0 Å². The predicted molar refractivity (Wildman–Crippen MR) is 289 cm³/mol. The minimum atomic E-state index is -0.498. The Kier molecular flexibility index (Phi) is 41.8. The number of rotatable bonds is 50. The van der Waals surface area contributed by atoms with Gasteiger partial charge in [-0.1, -0.05) is 272 Å². The standard InChI is InChI=1S/C62H114O4/c1-7-13-19-25-29-33-39-47-55-61(51-43-35-23-17-11-5,53-45-37-31-27-21-15-9-3)65-59(63)57-49-41-42-50-58(57)60(64)66-62(52-44-36-24-18-12-6,54-46-38-32-28-22-16-10-4)56-48-40-34-30-26-20-14-8-2/h41-42,49-50H,7-40,43-48,51-56H2,1-6H3. The molecule has 4 nitrogen and oxygen atoms in total. The summed E-state index contributed by atoms with van der Waals surface area (Å²) in [6.45, 7) is 13.7. The number of ether oxygens (including phenoxy) is 2. The van der Waals surface area contributed by atoms with Crippen molar-refractivity contribution in [2.24, 2.45) is 0 Å². The lowest BCUT2D eigenvalue weighted by molar-refractivity contribution is -0.0400. The molecule has 0 saturated heterocycles. The van der Waals surface area contributed by atoms with E-state index in [-0.39, 0.29) is 11.9 Å². The van der Waals surface area contributed by atoms with E-state index in [1.54, 1.807) is 0 Å². The molecule has 1 aromatic carbocycles. The first-order valence-electron chi connectivity index (χ1n) is 29.9. The topological polar surface area (TPSA) is 52.6 Å². The fraction of sp³-hybridized carbons (Fsp3) is 0.871. The van der Waals surface area contributed by atoms with Gasteiger partial charge < -0.3 is 9.47 Å². The zero-order chi connectivity index (χ0) is 48.1. The van der Waals surface area contributed by atoms with Crippen LogP contribution in [-0.4, -0.2) is 23.1 Å². The highest BCUT2D eigenvalue weighted by atomic mass is 16.6. The second-order valence-corrected chi connectivity index (χ2v) is 21.2. The summed E-state index contributed by atoms with van der Waals surface area (Å²) in [7, 11) is 0. The van der Waals surface area contributed by atoms with Gasteiger partial charge in [-0.2, -0.15) is 0 Å². The minimum absolute atomic E-state index is 0.320. The Bertz CT molecular complexity index is 1130. The van der Waals surface area contributed by atoms with Crippen molar-refractivity contribution in [3.05, 3.63) is 35.4 Å². The van der Waals surface area contributed by atoms with Gasteiger partial charge in [0.25, 0.3) is 0 Å². The lowest BCUT2D eigenvalue weighted by Gasteiger charge is -2.36. The van der Waals surface area contributed by atoms with Crippen molar-refractivity contribution < 1.29 is 19.1 Å². The molecular formula is C62H114O4. The predicted octanol–water partition coefficient (Wildman–Crippen LogP) is 21.5. The monoisotopic (exact) mass is 923 g/mol. The molecule has 0 amide bonds. The smallest absolute Gasteiger partial charge is 0.339 e. The zero-order valence-corrected chi connectivity index (χ0v) is 45.5. The number of carbonyl (C=O) groups is 2. The highest BCUT2D eigenvalue weighted by molar-refractivity contribution is 6.03. The first-order chi connectivity index (χ1) is 32.4.